The maximum Gasteiger partial charge on any atom is 0.339 e. The van der Waals surface area contributed by atoms with E-state index in [1.165, 1.54) is 16.6 Å². The Hall–Kier alpha value is -3.25. The standard InChI is InChI=1S/C21H29N7O4S/c1-5-12-33(23,31)19-24-17(22)16-18(25-19)27(13-15-8-6-14(2)7-9-15)21(30)28(16)20(29)26(3)10-11-32-4/h6-9,23H,5,10-13H2,1-4H3,(H2,22,24,25)/t33-/m0/s1. The first-order valence-corrected chi connectivity index (χ1v) is 12.2. The van der Waals surface area contributed by atoms with Crippen LogP contribution in [0, 0.1) is 11.7 Å². The van der Waals surface area contributed by atoms with Gasteiger partial charge in [-0.3, -0.25) is 4.57 Å². The van der Waals surface area contributed by atoms with Crippen molar-refractivity contribution >= 4 is 32.7 Å². The Bertz CT molecular complexity index is 1330. The number of imidazole rings is 1. The van der Waals surface area contributed by atoms with E-state index in [-0.39, 0.29) is 47.6 Å². The summed E-state index contributed by atoms with van der Waals surface area (Å²) in [6, 6.07) is 6.94. The molecule has 3 rings (SSSR count). The summed E-state index contributed by atoms with van der Waals surface area (Å²) < 4.78 is 28.3. The molecule has 0 aliphatic heterocycles. The van der Waals surface area contributed by atoms with Crippen molar-refractivity contribution in [2.75, 3.05) is 38.8 Å². The minimum Gasteiger partial charge on any atom is -0.383 e. The van der Waals surface area contributed by atoms with Crippen molar-refractivity contribution in [3.05, 3.63) is 45.9 Å². The van der Waals surface area contributed by atoms with Crippen LogP contribution in [0.5, 0.6) is 0 Å². The molecular formula is C21H29N7O4S. The lowest BCUT2D eigenvalue weighted by molar-refractivity contribution is 0.160. The summed E-state index contributed by atoms with van der Waals surface area (Å²) >= 11 is 0. The second-order valence-electron chi connectivity index (χ2n) is 7.83. The van der Waals surface area contributed by atoms with E-state index >= 15 is 0 Å². The van der Waals surface area contributed by atoms with Crippen molar-refractivity contribution in [1.82, 2.24) is 24.0 Å². The fraction of sp³-hybridized carbons (Fsp3) is 0.429. The van der Waals surface area contributed by atoms with Crippen molar-refractivity contribution in [2.45, 2.75) is 32.0 Å². The Morgan fingerprint density at radius 1 is 1.27 bits per heavy atom. The van der Waals surface area contributed by atoms with Crippen molar-refractivity contribution in [1.29, 1.82) is 4.78 Å². The molecule has 0 spiro atoms. The predicted octanol–water partition coefficient (Wildman–Crippen LogP) is 1.89. The van der Waals surface area contributed by atoms with Gasteiger partial charge in [-0.2, -0.15) is 4.98 Å². The number of carbonyl (C=O) groups is 1. The molecule has 2 heterocycles. The first kappa shape index (κ1) is 24.4. The highest BCUT2D eigenvalue weighted by molar-refractivity contribution is 7.92. The van der Waals surface area contributed by atoms with Gasteiger partial charge in [0.15, 0.2) is 11.5 Å². The number of hydrogen-bond donors (Lipinski definition) is 2. The molecule has 0 radical (unpaired) electrons. The average Bonchev–Trinajstić information content (AvgIpc) is 3.05. The van der Waals surface area contributed by atoms with E-state index in [1.54, 1.807) is 14.0 Å². The molecule has 0 aliphatic carbocycles. The zero-order chi connectivity index (χ0) is 24.3. The predicted molar refractivity (Wildman–Crippen MR) is 126 cm³/mol. The van der Waals surface area contributed by atoms with Crippen LogP contribution in [0.15, 0.2) is 34.2 Å². The zero-order valence-electron chi connectivity index (χ0n) is 19.2. The molecule has 12 heteroatoms. The molecule has 0 unspecified atom stereocenters. The number of anilines is 1. The highest BCUT2D eigenvalue weighted by atomic mass is 32.2. The smallest absolute Gasteiger partial charge is 0.339 e. The summed E-state index contributed by atoms with van der Waals surface area (Å²) in [5.41, 5.74) is 7.46. The average molecular weight is 476 g/mol. The number of benzene rings is 1. The molecule has 3 aromatic rings. The van der Waals surface area contributed by atoms with Crippen molar-refractivity contribution in [3.63, 3.8) is 0 Å². The minimum atomic E-state index is -3.31. The summed E-state index contributed by atoms with van der Waals surface area (Å²) in [4.78, 5) is 36.3. The maximum absolute atomic E-state index is 13.4. The van der Waals surface area contributed by atoms with E-state index < -0.39 is 21.4 Å². The molecule has 2 aromatic heterocycles. The Labute approximate surface area is 192 Å². The first-order chi connectivity index (χ1) is 15.6. The van der Waals surface area contributed by atoms with Gasteiger partial charge in [-0.05, 0) is 18.9 Å². The van der Waals surface area contributed by atoms with E-state index in [0.717, 1.165) is 15.7 Å². The van der Waals surface area contributed by atoms with Gasteiger partial charge in [0, 0.05) is 26.5 Å². The van der Waals surface area contributed by atoms with Crippen LogP contribution in [0.4, 0.5) is 10.6 Å². The fourth-order valence-electron chi connectivity index (χ4n) is 3.37. The third-order valence-corrected chi connectivity index (χ3v) is 6.93. The summed E-state index contributed by atoms with van der Waals surface area (Å²) in [6.07, 6.45) is 0.490. The summed E-state index contributed by atoms with van der Waals surface area (Å²) in [6.45, 7) is 4.40. The van der Waals surface area contributed by atoms with Crippen LogP contribution >= 0.6 is 0 Å². The number of rotatable bonds is 8. The first-order valence-electron chi connectivity index (χ1n) is 10.5. The van der Waals surface area contributed by atoms with E-state index in [0.29, 0.717) is 6.42 Å². The van der Waals surface area contributed by atoms with Crippen molar-refractivity contribution in [2.24, 2.45) is 0 Å². The second-order valence-corrected chi connectivity index (χ2v) is 9.95. The Balaban J connectivity index is 2.26. The summed E-state index contributed by atoms with van der Waals surface area (Å²) in [5.74, 6) is -0.126. The normalized spacial score (nSPS) is 13.2. The molecule has 178 valence electrons. The SMILES string of the molecule is CCC[S@](=N)(=O)c1nc(N)c2c(n1)n(Cc1ccc(C)cc1)c(=O)n2C(=O)N(C)CCOC. The molecule has 1 amide bonds. The number of nitrogen functional groups attached to an aromatic ring is 1. The summed E-state index contributed by atoms with van der Waals surface area (Å²) in [5, 5.41) is -0.246. The Morgan fingerprint density at radius 3 is 2.55 bits per heavy atom. The molecule has 0 saturated heterocycles. The van der Waals surface area contributed by atoms with Crippen molar-refractivity contribution in [3.8, 4) is 0 Å². The number of ether oxygens (including phenoxy) is 1. The third kappa shape index (κ3) is 4.91. The fourth-order valence-corrected chi connectivity index (χ4v) is 4.60. The van der Waals surface area contributed by atoms with Crippen LogP contribution in [0.1, 0.15) is 24.5 Å². The number of carbonyl (C=O) groups excluding carboxylic acids is 1. The van der Waals surface area contributed by atoms with Crippen molar-refractivity contribution < 1.29 is 13.7 Å². The molecule has 0 aliphatic rings. The number of fused-ring (bicyclic) bond motifs is 1. The number of nitrogens with zero attached hydrogens (tertiary/aromatic N) is 5. The number of likely N-dealkylation sites (N-methyl/N-ethyl adjacent to an activating group) is 1. The number of aromatic nitrogens is 4. The van der Waals surface area contributed by atoms with Gasteiger partial charge in [0.1, 0.15) is 15.2 Å². The Kier molecular flexibility index (Phi) is 7.18. The van der Waals surface area contributed by atoms with Gasteiger partial charge in [-0.1, -0.05) is 36.8 Å². The molecular weight excluding hydrogens is 446 g/mol. The van der Waals surface area contributed by atoms with Gasteiger partial charge >= 0.3 is 11.7 Å². The van der Waals surface area contributed by atoms with Crippen LogP contribution in [0.25, 0.3) is 11.2 Å². The van der Waals surface area contributed by atoms with Crippen LogP contribution in [0.2, 0.25) is 0 Å². The van der Waals surface area contributed by atoms with Gasteiger partial charge in [0.2, 0.25) is 5.16 Å². The minimum absolute atomic E-state index is 0.0248. The number of nitrogens with two attached hydrogens (primary N) is 1. The largest absolute Gasteiger partial charge is 0.383 e. The van der Waals surface area contributed by atoms with Crippen LogP contribution in [0.3, 0.4) is 0 Å². The lowest BCUT2D eigenvalue weighted by Crippen LogP contribution is -2.39. The molecule has 3 N–H and O–H groups in total. The highest BCUT2D eigenvalue weighted by Crippen LogP contribution is 2.22. The molecule has 11 nitrogen and oxygen atoms in total. The molecule has 1 atom stereocenters. The lowest BCUT2D eigenvalue weighted by atomic mass is 10.1. The van der Waals surface area contributed by atoms with E-state index in [4.69, 9.17) is 15.3 Å². The molecule has 0 bridgehead atoms. The van der Waals surface area contributed by atoms with E-state index in [2.05, 4.69) is 9.97 Å². The lowest BCUT2D eigenvalue weighted by Gasteiger charge is -2.16. The van der Waals surface area contributed by atoms with Crippen LogP contribution in [-0.2, 0) is 21.0 Å². The summed E-state index contributed by atoms with van der Waals surface area (Å²) in [7, 11) is -0.255. The molecule has 33 heavy (non-hydrogen) atoms. The second kappa shape index (κ2) is 9.71. The topological polar surface area (TPSA) is 149 Å². The molecule has 0 fully saturated rings. The van der Waals surface area contributed by atoms with Gasteiger partial charge in [0.25, 0.3) is 0 Å². The molecule has 1 aromatic carbocycles. The number of amides is 1. The number of nitrogens with one attached hydrogen (secondary N) is 1. The van der Waals surface area contributed by atoms with Crippen LogP contribution < -0.4 is 11.4 Å². The van der Waals surface area contributed by atoms with E-state index in [1.807, 2.05) is 31.2 Å². The van der Waals surface area contributed by atoms with Gasteiger partial charge in [-0.25, -0.2) is 28.1 Å². The van der Waals surface area contributed by atoms with Gasteiger partial charge in [-0.15, -0.1) is 0 Å². The quantitative estimate of drug-likeness (QED) is 0.472. The van der Waals surface area contributed by atoms with E-state index in [9.17, 15) is 13.8 Å². The monoisotopic (exact) mass is 475 g/mol. The zero-order valence-corrected chi connectivity index (χ0v) is 20.0. The molecule has 0 saturated carbocycles. The van der Waals surface area contributed by atoms with Crippen LogP contribution in [-0.4, -0.2) is 67.3 Å². The number of aryl methyl sites for hydroxylation is 1. The number of hydrogen-bond acceptors (Lipinski definition) is 8. The number of methoxy groups -OCH3 is 1. The van der Waals surface area contributed by atoms with Gasteiger partial charge < -0.3 is 15.4 Å². The maximum atomic E-state index is 13.4. The third-order valence-electron chi connectivity index (χ3n) is 5.17. The Morgan fingerprint density at radius 2 is 1.94 bits per heavy atom. The van der Waals surface area contributed by atoms with Gasteiger partial charge in [0.05, 0.1) is 13.2 Å². The highest BCUT2D eigenvalue weighted by Gasteiger charge is 2.27.